The van der Waals surface area contributed by atoms with Crippen LogP contribution in [-0.4, -0.2) is 74.0 Å². The summed E-state index contributed by atoms with van der Waals surface area (Å²) in [5, 5.41) is 3.17. The summed E-state index contributed by atoms with van der Waals surface area (Å²) in [5.74, 6) is -0.197. The summed E-state index contributed by atoms with van der Waals surface area (Å²) < 4.78 is 33.6. The highest BCUT2D eigenvalue weighted by molar-refractivity contribution is 7.89. The van der Waals surface area contributed by atoms with Crippen molar-refractivity contribution in [1.82, 2.24) is 14.5 Å². The van der Waals surface area contributed by atoms with Gasteiger partial charge in [0.25, 0.3) is 5.91 Å². The Hall–Kier alpha value is -1.48. The van der Waals surface area contributed by atoms with E-state index in [1.54, 1.807) is 18.2 Å². The Labute approximate surface area is 198 Å². The number of amides is 1. The maximum absolute atomic E-state index is 13.2. The number of sulfonamides is 1. The Bertz CT molecular complexity index is 913. The van der Waals surface area contributed by atoms with Gasteiger partial charge in [0.15, 0.2) is 0 Å². The molecule has 0 aromatic heterocycles. The van der Waals surface area contributed by atoms with Crippen LogP contribution in [0.4, 0.5) is 0 Å². The molecule has 33 heavy (non-hydrogen) atoms. The van der Waals surface area contributed by atoms with Crippen LogP contribution < -0.4 is 5.32 Å². The van der Waals surface area contributed by atoms with Gasteiger partial charge >= 0.3 is 0 Å². The Morgan fingerprint density at radius 2 is 1.67 bits per heavy atom. The van der Waals surface area contributed by atoms with E-state index in [0.29, 0.717) is 25.2 Å². The quantitative estimate of drug-likeness (QED) is 0.679. The average Bonchev–Trinajstić information content (AvgIpc) is 2.83. The molecule has 1 aromatic rings. The third-order valence-corrected chi connectivity index (χ3v) is 9.34. The van der Waals surface area contributed by atoms with Crippen molar-refractivity contribution in [3.8, 4) is 0 Å². The maximum atomic E-state index is 13.2. The molecule has 8 heteroatoms. The van der Waals surface area contributed by atoms with Gasteiger partial charge in [0.2, 0.25) is 10.0 Å². The smallest absolute Gasteiger partial charge is 0.251 e. The Balaban J connectivity index is 1.47. The molecule has 2 heterocycles. The molecule has 1 amide bonds. The molecule has 3 aliphatic rings. The van der Waals surface area contributed by atoms with E-state index in [0.717, 1.165) is 25.9 Å². The van der Waals surface area contributed by atoms with E-state index >= 15 is 0 Å². The van der Waals surface area contributed by atoms with Crippen LogP contribution in [0.3, 0.4) is 0 Å². The van der Waals surface area contributed by atoms with Gasteiger partial charge in [0.1, 0.15) is 0 Å². The molecule has 2 saturated heterocycles. The second-order valence-electron chi connectivity index (χ2n) is 10.1. The Morgan fingerprint density at radius 1 is 1.03 bits per heavy atom. The number of carbonyl (C=O) groups excluding carboxylic acids is 1. The SMILES string of the molecule is CC1CN(S(=O)(=O)c2cccc(C(=O)NCC3(N4CCCCC4)CCCCC3)c2)CC(C)O1. The molecule has 2 aliphatic heterocycles. The minimum atomic E-state index is -3.68. The number of carbonyl (C=O) groups is 1. The molecule has 0 bridgehead atoms. The van der Waals surface area contributed by atoms with E-state index in [1.807, 2.05) is 13.8 Å². The molecule has 1 saturated carbocycles. The Morgan fingerprint density at radius 3 is 2.33 bits per heavy atom. The number of piperidine rings is 1. The van der Waals surface area contributed by atoms with Crippen molar-refractivity contribution in [2.24, 2.45) is 0 Å². The lowest BCUT2D eigenvalue weighted by molar-refractivity contribution is -0.0440. The van der Waals surface area contributed by atoms with Crippen LogP contribution in [0.15, 0.2) is 29.2 Å². The molecule has 7 nitrogen and oxygen atoms in total. The van der Waals surface area contributed by atoms with Crippen molar-refractivity contribution in [2.75, 3.05) is 32.7 Å². The largest absolute Gasteiger partial charge is 0.373 e. The first-order valence-corrected chi connectivity index (χ1v) is 14.0. The van der Waals surface area contributed by atoms with Gasteiger partial charge in [-0.2, -0.15) is 4.31 Å². The topological polar surface area (TPSA) is 79.0 Å². The second-order valence-corrected chi connectivity index (χ2v) is 12.1. The monoisotopic (exact) mass is 477 g/mol. The van der Waals surface area contributed by atoms with Crippen molar-refractivity contribution in [2.45, 2.75) is 87.9 Å². The van der Waals surface area contributed by atoms with Crippen LogP contribution >= 0.6 is 0 Å². The van der Waals surface area contributed by atoms with E-state index in [9.17, 15) is 13.2 Å². The van der Waals surface area contributed by atoms with Crippen LogP contribution in [0.2, 0.25) is 0 Å². The number of morpholine rings is 1. The van der Waals surface area contributed by atoms with E-state index < -0.39 is 10.0 Å². The summed E-state index contributed by atoms with van der Waals surface area (Å²) in [5.41, 5.74) is 0.438. The molecule has 3 fully saturated rings. The summed E-state index contributed by atoms with van der Waals surface area (Å²) in [6.07, 6.45) is 9.36. The molecular weight excluding hydrogens is 438 g/mol. The van der Waals surface area contributed by atoms with Crippen LogP contribution in [-0.2, 0) is 14.8 Å². The number of ether oxygens (including phenoxy) is 1. The zero-order chi connectivity index (χ0) is 23.5. The lowest BCUT2D eigenvalue weighted by Gasteiger charge is -2.48. The first kappa shape index (κ1) is 24.6. The average molecular weight is 478 g/mol. The number of benzene rings is 1. The fraction of sp³-hybridized carbons (Fsp3) is 0.720. The number of rotatable bonds is 6. The highest BCUT2D eigenvalue weighted by Crippen LogP contribution is 2.35. The summed E-state index contributed by atoms with van der Waals surface area (Å²) in [7, 11) is -3.68. The summed E-state index contributed by atoms with van der Waals surface area (Å²) >= 11 is 0. The maximum Gasteiger partial charge on any atom is 0.251 e. The van der Waals surface area contributed by atoms with Gasteiger partial charge < -0.3 is 10.1 Å². The van der Waals surface area contributed by atoms with Gasteiger partial charge in [-0.1, -0.05) is 31.7 Å². The van der Waals surface area contributed by atoms with Crippen molar-refractivity contribution >= 4 is 15.9 Å². The van der Waals surface area contributed by atoms with Gasteiger partial charge in [-0.05, 0) is 70.8 Å². The van der Waals surface area contributed by atoms with Gasteiger partial charge in [0, 0.05) is 30.7 Å². The fourth-order valence-corrected chi connectivity index (χ4v) is 7.44. The van der Waals surface area contributed by atoms with Crippen molar-refractivity contribution < 1.29 is 17.9 Å². The lowest BCUT2D eigenvalue weighted by atomic mass is 9.79. The lowest BCUT2D eigenvalue weighted by Crippen LogP contribution is -2.58. The minimum absolute atomic E-state index is 0.0398. The number of nitrogens with zero attached hydrogens (tertiary/aromatic N) is 2. The fourth-order valence-electron chi connectivity index (χ4n) is 5.80. The van der Waals surface area contributed by atoms with Gasteiger partial charge in [0.05, 0.1) is 17.1 Å². The molecule has 4 rings (SSSR count). The molecule has 2 atom stereocenters. The highest BCUT2D eigenvalue weighted by atomic mass is 32.2. The number of nitrogens with one attached hydrogen (secondary N) is 1. The molecule has 1 N–H and O–H groups in total. The highest BCUT2D eigenvalue weighted by Gasteiger charge is 2.39. The van der Waals surface area contributed by atoms with E-state index in [2.05, 4.69) is 10.2 Å². The standard InChI is InChI=1S/C25H39N3O4S/c1-20-17-28(18-21(2)32-20)33(30,31)23-11-9-10-22(16-23)24(29)26-19-25(12-5-3-6-13-25)27-14-7-4-8-15-27/h9-11,16,20-21H,3-8,12-15,17-19H2,1-2H3,(H,26,29). The molecular formula is C25H39N3O4S. The van der Waals surface area contributed by atoms with Crippen LogP contribution in [0.5, 0.6) is 0 Å². The number of likely N-dealkylation sites (tertiary alicyclic amines) is 1. The summed E-state index contributed by atoms with van der Waals surface area (Å²) in [6.45, 7) is 7.25. The molecule has 0 spiro atoms. The summed E-state index contributed by atoms with van der Waals surface area (Å²) in [4.78, 5) is 15.9. The first-order chi connectivity index (χ1) is 15.8. The van der Waals surface area contributed by atoms with E-state index in [4.69, 9.17) is 4.74 Å². The van der Waals surface area contributed by atoms with Crippen molar-refractivity contribution in [3.05, 3.63) is 29.8 Å². The van der Waals surface area contributed by atoms with Crippen molar-refractivity contribution in [1.29, 1.82) is 0 Å². The second kappa shape index (κ2) is 10.4. The van der Waals surface area contributed by atoms with Crippen LogP contribution in [0.25, 0.3) is 0 Å². The number of hydrogen-bond acceptors (Lipinski definition) is 5. The van der Waals surface area contributed by atoms with E-state index in [1.165, 1.54) is 48.9 Å². The Kier molecular flexibility index (Phi) is 7.78. The zero-order valence-electron chi connectivity index (χ0n) is 20.1. The van der Waals surface area contributed by atoms with Gasteiger partial charge in [-0.25, -0.2) is 8.42 Å². The van der Waals surface area contributed by atoms with Gasteiger partial charge in [-0.15, -0.1) is 0 Å². The molecule has 184 valence electrons. The van der Waals surface area contributed by atoms with Crippen LogP contribution in [0.1, 0.15) is 75.6 Å². The first-order valence-electron chi connectivity index (χ1n) is 12.6. The third-order valence-electron chi connectivity index (χ3n) is 7.51. The van der Waals surface area contributed by atoms with E-state index in [-0.39, 0.29) is 28.5 Å². The number of hydrogen-bond donors (Lipinski definition) is 1. The zero-order valence-corrected chi connectivity index (χ0v) is 20.9. The van der Waals surface area contributed by atoms with Crippen LogP contribution in [0, 0.1) is 0 Å². The van der Waals surface area contributed by atoms with Gasteiger partial charge in [-0.3, -0.25) is 9.69 Å². The molecule has 1 aromatic carbocycles. The molecule has 0 radical (unpaired) electrons. The predicted molar refractivity (Wildman–Crippen MR) is 129 cm³/mol. The molecule has 2 unspecified atom stereocenters. The summed E-state index contributed by atoms with van der Waals surface area (Å²) in [6, 6.07) is 6.46. The van der Waals surface area contributed by atoms with Crippen molar-refractivity contribution in [3.63, 3.8) is 0 Å². The minimum Gasteiger partial charge on any atom is -0.373 e. The normalized spacial score (nSPS) is 27.2. The molecule has 1 aliphatic carbocycles. The predicted octanol–water partition coefficient (Wildman–Crippen LogP) is 3.40. The third kappa shape index (κ3) is 5.61.